The van der Waals surface area contributed by atoms with Crippen molar-refractivity contribution < 1.29 is 4.74 Å². The molecule has 5 rings (SSSR count). The van der Waals surface area contributed by atoms with Crippen molar-refractivity contribution in [2.24, 2.45) is 0 Å². The van der Waals surface area contributed by atoms with E-state index >= 15 is 0 Å². The molecule has 4 nitrogen and oxygen atoms in total. The SMILES string of the molecule is CCCCc1cc2c(OCCCN3CCC(c4ccc5ccccc5n4)CC3)cccc2[nH]1. The van der Waals surface area contributed by atoms with Gasteiger partial charge in [-0.1, -0.05) is 43.7 Å². The fourth-order valence-electron chi connectivity index (χ4n) is 5.04. The predicted octanol–water partition coefficient (Wildman–Crippen LogP) is 6.71. The molecule has 0 radical (unpaired) electrons. The monoisotopic (exact) mass is 441 g/mol. The summed E-state index contributed by atoms with van der Waals surface area (Å²) in [6.45, 7) is 6.39. The van der Waals surface area contributed by atoms with Gasteiger partial charge >= 0.3 is 0 Å². The van der Waals surface area contributed by atoms with E-state index in [1.54, 1.807) is 0 Å². The number of unbranched alkanes of at least 4 members (excludes halogenated alkanes) is 1. The molecule has 0 unspecified atom stereocenters. The number of aromatic nitrogens is 2. The Morgan fingerprint density at radius 2 is 1.88 bits per heavy atom. The maximum atomic E-state index is 6.20. The van der Waals surface area contributed by atoms with Crippen molar-refractivity contribution >= 4 is 21.8 Å². The average molecular weight is 442 g/mol. The Kier molecular flexibility index (Phi) is 6.92. The van der Waals surface area contributed by atoms with Crippen molar-refractivity contribution in [1.82, 2.24) is 14.9 Å². The Bertz CT molecular complexity index is 1190. The fourth-order valence-corrected chi connectivity index (χ4v) is 5.04. The summed E-state index contributed by atoms with van der Waals surface area (Å²) in [4.78, 5) is 11.1. The maximum absolute atomic E-state index is 6.20. The summed E-state index contributed by atoms with van der Waals surface area (Å²) in [5, 5.41) is 2.44. The van der Waals surface area contributed by atoms with Gasteiger partial charge in [0.25, 0.3) is 0 Å². The van der Waals surface area contributed by atoms with E-state index in [1.807, 2.05) is 0 Å². The second-order valence-electron chi connectivity index (χ2n) is 9.36. The number of hydrogen-bond acceptors (Lipinski definition) is 3. The number of nitrogens with zero attached hydrogens (tertiary/aromatic N) is 2. The lowest BCUT2D eigenvalue weighted by Crippen LogP contribution is -2.34. The van der Waals surface area contributed by atoms with Crippen LogP contribution in [0.4, 0.5) is 0 Å². The van der Waals surface area contributed by atoms with Gasteiger partial charge in [-0.15, -0.1) is 0 Å². The van der Waals surface area contributed by atoms with Crippen LogP contribution in [0.1, 0.15) is 56.3 Å². The lowest BCUT2D eigenvalue weighted by atomic mass is 9.92. The normalized spacial score (nSPS) is 15.4. The van der Waals surface area contributed by atoms with Gasteiger partial charge in [0, 0.05) is 40.1 Å². The van der Waals surface area contributed by atoms with Crippen LogP contribution < -0.4 is 4.74 Å². The summed E-state index contributed by atoms with van der Waals surface area (Å²) in [5.41, 5.74) is 4.87. The quantitative estimate of drug-likeness (QED) is 0.294. The second-order valence-corrected chi connectivity index (χ2v) is 9.36. The smallest absolute Gasteiger partial charge is 0.128 e. The number of H-pyrrole nitrogens is 1. The van der Waals surface area contributed by atoms with E-state index in [2.05, 4.69) is 77.5 Å². The third-order valence-electron chi connectivity index (χ3n) is 6.98. The van der Waals surface area contributed by atoms with E-state index in [0.29, 0.717) is 5.92 Å². The molecule has 33 heavy (non-hydrogen) atoms. The molecule has 0 bridgehead atoms. The van der Waals surface area contributed by atoms with Gasteiger partial charge in [-0.2, -0.15) is 0 Å². The number of aryl methyl sites for hydroxylation is 1. The number of rotatable bonds is 9. The van der Waals surface area contributed by atoms with Crippen LogP contribution >= 0.6 is 0 Å². The predicted molar refractivity (Wildman–Crippen MR) is 137 cm³/mol. The highest BCUT2D eigenvalue weighted by Gasteiger charge is 2.21. The van der Waals surface area contributed by atoms with Gasteiger partial charge in [0.1, 0.15) is 5.75 Å². The van der Waals surface area contributed by atoms with Crippen LogP contribution in [0.5, 0.6) is 5.75 Å². The van der Waals surface area contributed by atoms with Gasteiger partial charge in [-0.3, -0.25) is 4.98 Å². The molecular weight excluding hydrogens is 406 g/mol. The van der Waals surface area contributed by atoms with Crippen LogP contribution in [0.25, 0.3) is 21.8 Å². The molecule has 3 heterocycles. The van der Waals surface area contributed by atoms with E-state index in [9.17, 15) is 0 Å². The van der Waals surface area contributed by atoms with E-state index in [-0.39, 0.29) is 0 Å². The van der Waals surface area contributed by atoms with Crippen LogP contribution in [0, 0.1) is 0 Å². The number of pyridine rings is 1. The van der Waals surface area contributed by atoms with E-state index in [1.165, 1.54) is 53.4 Å². The summed E-state index contributed by atoms with van der Waals surface area (Å²) in [6.07, 6.45) is 6.98. The van der Waals surface area contributed by atoms with Gasteiger partial charge in [0.2, 0.25) is 0 Å². The molecule has 1 aliphatic heterocycles. The molecule has 4 heteroatoms. The molecule has 1 saturated heterocycles. The Labute approximate surface area is 197 Å². The van der Waals surface area contributed by atoms with Gasteiger partial charge in [0.05, 0.1) is 12.1 Å². The summed E-state index contributed by atoms with van der Waals surface area (Å²) < 4.78 is 6.20. The van der Waals surface area contributed by atoms with Gasteiger partial charge in [0.15, 0.2) is 0 Å². The molecule has 1 aliphatic rings. The number of ether oxygens (including phenoxy) is 1. The summed E-state index contributed by atoms with van der Waals surface area (Å²) in [5.74, 6) is 1.59. The summed E-state index contributed by atoms with van der Waals surface area (Å²) >= 11 is 0. The first kappa shape index (κ1) is 22.0. The third-order valence-corrected chi connectivity index (χ3v) is 6.98. The number of para-hydroxylation sites is 1. The average Bonchev–Trinajstić information content (AvgIpc) is 3.29. The molecule has 2 aromatic carbocycles. The van der Waals surface area contributed by atoms with Crippen molar-refractivity contribution in [3.63, 3.8) is 0 Å². The first-order valence-corrected chi connectivity index (χ1v) is 12.6. The number of fused-ring (bicyclic) bond motifs is 2. The minimum atomic E-state index is 0.579. The van der Waals surface area contributed by atoms with Crippen molar-refractivity contribution in [3.05, 3.63) is 72.1 Å². The first-order valence-electron chi connectivity index (χ1n) is 12.6. The fraction of sp³-hybridized carbons (Fsp3) is 0.414. The minimum absolute atomic E-state index is 0.579. The maximum Gasteiger partial charge on any atom is 0.128 e. The molecular formula is C29H35N3O. The molecule has 172 valence electrons. The van der Waals surface area contributed by atoms with E-state index < -0.39 is 0 Å². The molecule has 0 saturated carbocycles. The number of aromatic amines is 1. The lowest BCUT2D eigenvalue weighted by Gasteiger charge is -2.31. The van der Waals surface area contributed by atoms with Crippen LogP contribution in [0.3, 0.4) is 0 Å². The van der Waals surface area contributed by atoms with Crippen molar-refractivity contribution in [3.8, 4) is 5.75 Å². The van der Waals surface area contributed by atoms with E-state index in [0.717, 1.165) is 50.3 Å². The Morgan fingerprint density at radius 3 is 2.76 bits per heavy atom. The Morgan fingerprint density at radius 1 is 1.00 bits per heavy atom. The largest absolute Gasteiger partial charge is 0.493 e. The topological polar surface area (TPSA) is 41.1 Å². The Hall–Kier alpha value is -2.85. The van der Waals surface area contributed by atoms with Gasteiger partial charge < -0.3 is 14.6 Å². The van der Waals surface area contributed by atoms with Crippen LogP contribution in [0.2, 0.25) is 0 Å². The number of hydrogen-bond donors (Lipinski definition) is 1. The first-order chi connectivity index (χ1) is 16.3. The van der Waals surface area contributed by atoms with Crippen LogP contribution in [0.15, 0.2) is 60.7 Å². The highest BCUT2D eigenvalue weighted by Crippen LogP contribution is 2.29. The van der Waals surface area contributed by atoms with E-state index in [4.69, 9.17) is 9.72 Å². The standard InChI is InChI=1S/C29H35N3O/c1-2-3-9-24-21-25-28(30-24)11-6-12-29(25)33-20-7-17-32-18-15-23(16-19-32)27-14-13-22-8-4-5-10-26(22)31-27/h4-6,8,10-14,21,23,30H,2-3,7,9,15-20H2,1H3. The zero-order valence-electron chi connectivity index (χ0n) is 19.7. The molecule has 4 aromatic rings. The molecule has 0 spiro atoms. The third kappa shape index (κ3) is 5.22. The second kappa shape index (κ2) is 10.4. The molecule has 0 aliphatic carbocycles. The highest BCUT2D eigenvalue weighted by atomic mass is 16.5. The molecule has 0 amide bonds. The van der Waals surface area contributed by atoms with Crippen molar-refractivity contribution in [1.29, 1.82) is 0 Å². The number of nitrogens with one attached hydrogen (secondary N) is 1. The van der Waals surface area contributed by atoms with Crippen LogP contribution in [-0.4, -0.2) is 41.1 Å². The number of benzene rings is 2. The van der Waals surface area contributed by atoms with Crippen molar-refractivity contribution in [2.45, 2.75) is 51.4 Å². The number of piperidine rings is 1. The Balaban J connectivity index is 1.09. The van der Waals surface area contributed by atoms with Crippen molar-refractivity contribution in [2.75, 3.05) is 26.2 Å². The zero-order chi connectivity index (χ0) is 22.5. The summed E-state index contributed by atoms with van der Waals surface area (Å²) in [7, 11) is 0. The molecule has 1 fully saturated rings. The van der Waals surface area contributed by atoms with Gasteiger partial charge in [-0.05, 0) is 75.5 Å². The highest BCUT2D eigenvalue weighted by molar-refractivity contribution is 5.86. The molecule has 1 N–H and O–H groups in total. The molecule has 2 aromatic heterocycles. The van der Waals surface area contributed by atoms with Gasteiger partial charge in [-0.25, -0.2) is 0 Å². The molecule has 0 atom stereocenters. The van der Waals surface area contributed by atoms with Crippen LogP contribution in [-0.2, 0) is 6.42 Å². The minimum Gasteiger partial charge on any atom is -0.493 e. The lowest BCUT2D eigenvalue weighted by molar-refractivity contribution is 0.192. The summed E-state index contributed by atoms with van der Waals surface area (Å²) in [6, 6.07) is 21.5. The number of likely N-dealkylation sites (tertiary alicyclic amines) is 1. The zero-order valence-corrected chi connectivity index (χ0v) is 19.7.